The summed E-state index contributed by atoms with van der Waals surface area (Å²) in [5.74, 6) is 0.385. The van der Waals surface area contributed by atoms with Gasteiger partial charge in [-0.05, 0) is 36.6 Å². The van der Waals surface area contributed by atoms with E-state index in [1.807, 2.05) is 30.3 Å². The number of rotatable bonds is 5. The Morgan fingerprint density at radius 3 is 2.69 bits per heavy atom. The van der Waals surface area contributed by atoms with Crippen LogP contribution in [-0.2, 0) is 11.2 Å². The fourth-order valence-corrected chi connectivity index (χ4v) is 3.24. The zero-order valence-corrected chi connectivity index (χ0v) is 15.5. The molecule has 0 unspecified atom stereocenters. The summed E-state index contributed by atoms with van der Waals surface area (Å²) in [5.41, 5.74) is 9.89. The van der Waals surface area contributed by atoms with Crippen LogP contribution in [0.2, 0.25) is 0 Å². The first kappa shape index (κ1) is 17.2. The molecule has 3 aromatic rings. The fourth-order valence-electron chi connectivity index (χ4n) is 3.24. The monoisotopic (exact) mass is 389 g/mol. The van der Waals surface area contributed by atoms with Crippen LogP contribution in [0, 0.1) is 0 Å². The van der Waals surface area contributed by atoms with Gasteiger partial charge in [-0.15, -0.1) is 0 Å². The second kappa shape index (κ2) is 6.62. The summed E-state index contributed by atoms with van der Waals surface area (Å²) < 4.78 is 1.73. The molecule has 2 aromatic heterocycles. The maximum atomic E-state index is 11.9. The van der Waals surface area contributed by atoms with Crippen molar-refractivity contribution in [2.24, 2.45) is 0 Å². The largest absolute Gasteiger partial charge is 0.399 e. The molecule has 1 saturated carbocycles. The second-order valence-corrected chi connectivity index (χ2v) is 7.27. The van der Waals surface area contributed by atoms with E-state index >= 15 is 0 Å². The number of imide groups is 1. The molecule has 1 aliphatic carbocycles. The number of nitrogens with one attached hydrogen (secondary N) is 3. The number of anilines is 2. The van der Waals surface area contributed by atoms with E-state index < -0.39 is 11.9 Å². The standard InChI is InChI=1S/C20H19N7O2/c21-13-3-1-11(2-4-13)7-15-9-17(23-14-5-6-14)27-18(24-15)12(10-22-27)8-16-19(28)26-20(29)25-16/h1-4,8-10,14,23H,5-7,21H2,(H2,25,26,28,29)/b16-8-. The van der Waals surface area contributed by atoms with Gasteiger partial charge in [0.2, 0.25) is 0 Å². The number of urea groups is 1. The molecular formula is C20H19N7O2. The molecule has 9 heteroatoms. The zero-order valence-electron chi connectivity index (χ0n) is 15.5. The number of carbonyl (C=O) groups is 2. The zero-order chi connectivity index (χ0) is 20.0. The van der Waals surface area contributed by atoms with Crippen molar-refractivity contribution in [3.8, 4) is 0 Å². The number of nitrogens with two attached hydrogens (primary N) is 1. The van der Waals surface area contributed by atoms with Crippen LogP contribution in [0.4, 0.5) is 16.3 Å². The molecule has 9 nitrogen and oxygen atoms in total. The molecule has 5 N–H and O–H groups in total. The fraction of sp³-hybridized carbons (Fsp3) is 0.200. The minimum Gasteiger partial charge on any atom is -0.399 e. The molecule has 3 heterocycles. The van der Waals surface area contributed by atoms with Crippen molar-refractivity contribution in [1.82, 2.24) is 25.2 Å². The number of nitrogens with zero attached hydrogens (tertiary/aromatic N) is 3. The maximum Gasteiger partial charge on any atom is 0.326 e. The van der Waals surface area contributed by atoms with Gasteiger partial charge in [0.1, 0.15) is 11.5 Å². The van der Waals surface area contributed by atoms with Crippen LogP contribution in [0.15, 0.2) is 42.2 Å². The van der Waals surface area contributed by atoms with E-state index in [-0.39, 0.29) is 5.70 Å². The Balaban J connectivity index is 1.56. The normalized spacial score (nSPS) is 17.6. The van der Waals surface area contributed by atoms with E-state index in [9.17, 15) is 9.59 Å². The molecule has 2 aliphatic rings. The van der Waals surface area contributed by atoms with Crippen LogP contribution < -0.4 is 21.7 Å². The minimum atomic E-state index is -0.536. The molecule has 0 radical (unpaired) electrons. The molecule has 1 aromatic carbocycles. The van der Waals surface area contributed by atoms with Gasteiger partial charge in [0, 0.05) is 29.8 Å². The van der Waals surface area contributed by atoms with Crippen molar-refractivity contribution in [2.75, 3.05) is 11.1 Å². The lowest BCUT2D eigenvalue weighted by molar-refractivity contribution is -0.115. The molecular weight excluding hydrogens is 370 g/mol. The first-order valence-corrected chi connectivity index (χ1v) is 9.38. The predicted octanol–water partition coefficient (Wildman–Crippen LogP) is 1.66. The molecule has 0 atom stereocenters. The van der Waals surface area contributed by atoms with Gasteiger partial charge in [-0.2, -0.15) is 9.61 Å². The first-order chi connectivity index (χ1) is 14.0. The van der Waals surface area contributed by atoms with Crippen LogP contribution >= 0.6 is 0 Å². The molecule has 29 heavy (non-hydrogen) atoms. The van der Waals surface area contributed by atoms with Crippen LogP contribution in [-0.4, -0.2) is 32.6 Å². The van der Waals surface area contributed by atoms with Crippen molar-refractivity contribution in [3.05, 3.63) is 59.0 Å². The van der Waals surface area contributed by atoms with E-state index in [0.717, 1.165) is 35.6 Å². The number of aromatic nitrogens is 3. The lowest BCUT2D eigenvalue weighted by atomic mass is 10.1. The molecule has 5 rings (SSSR count). The topological polar surface area (TPSA) is 126 Å². The Morgan fingerprint density at radius 2 is 2.00 bits per heavy atom. The maximum absolute atomic E-state index is 11.9. The summed E-state index contributed by atoms with van der Waals surface area (Å²) in [6.07, 6.45) is 6.11. The summed E-state index contributed by atoms with van der Waals surface area (Å²) in [5, 5.41) is 12.6. The molecule has 1 saturated heterocycles. The van der Waals surface area contributed by atoms with E-state index in [1.54, 1.807) is 16.8 Å². The van der Waals surface area contributed by atoms with Gasteiger partial charge < -0.3 is 16.4 Å². The van der Waals surface area contributed by atoms with Crippen LogP contribution in [0.5, 0.6) is 0 Å². The minimum absolute atomic E-state index is 0.173. The average molecular weight is 389 g/mol. The summed E-state index contributed by atoms with van der Waals surface area (Å²) in [7, 11) is 0. The van der Waals surface area contributed by atoms with Gasteiger partial charge in [0.05, 0.1) is 11.9 Å². The molecule has 2 fully saturated rings. The predicted molar refractivity (Wildman–Crippen MR) is 108 cm³/mol. The highest BCUT2D eigenvalue weighted by Crippen LogP contribution is 2.27. The third-order valence-electron chi connectivity index (χ3n) is 4.87. The van der Waals surface area contributed by atoms with Crippen molar-refractivity contribution >= 4 is 35.2 Å². The summed E-state index contributed by atoms with van der Waals surface area (Å²) >= 11 is 0. The molecule has 0 bridgehead atoms. The molecule has 1 aliphatic heterocycles. The number of hydrogen-bond acceptors (Lipinski definition) is 6. The summed E-state index contributed by atoms with van der Waals surface area (Å²) in [6.45, 7) is 0. The average Bonchev–Trinajstić information content (AvgIpc) is 3.33. The Kier molecular flexibility index (Phi) is 3.94. The first-order valence-electron chi connectivity index (χ1n) is 9.38. The highest BCUT2D eigenvalue weighted by Gasteiger charge is 2.25. The van der Waals surface area contributed by atoms with Gasteiger partial charge in [0.15, 0.2) is 5.65 Å². The number of carbonyl (C=O) groups excluding carboxylic acids is 2. The van der Waals surface area contributed by atoms with Gasteiger partial charge in [-0.1, -0.05) is 12.1 Å². The number of amides is 3. The van der Waals surface area contributed by atoms with Gasteiger partial charge in [-0.3, -0.25) is 10.1 Å². The molecule has 3 amide bonds. The summed E-state index contributed by atoms with van der Waals surface area (Å²) in [4.78, 5) is 28.0. The Labute approximate surface area is 166 Å². The third-order valence-corrected chi connectivity index (χ3v) is 4.87. The van der Waals surface area contributed by atoms with Crippen molar-refractivity contribution in [2.45, 2.75) is 25.3 Å². The SMILES string of the molecule is Nc1ccc(Cc2cc(NC3CC3)n3ncc(/C=C4\NC(=O)NC4=O)c3n2)cc1. The summed E-state index contributed by atoms with van der Waals surface area (Å²) in [6, 6.07) is 9.59. The molecule has 146 valence electrons. The Morgan fingerprint density at radius 1 is 1.21 bits per heavy atom. The van der Waals surface area contributed by atoms with Gasteiger partial charge >= 0.3 is 6.03 Å². The second-order valence-electron chi connectivity index (χ2n) is 7.27. The van der Waals surface area contributed by atoms with Gasteiger partial charge in [-0.25, -0.2) is 9.78 Å². The van der Waals surface area contributed by atoms with Crippen LogP contribution in [0.1, 0.15) is 29.7 Å². The van der Waals surface area contributed by atoms with Crippen molar-refractivity contribution in [1.29, 1.82) is 0 Å². The number of hydrogen-bond donors (Lipinski definition) is 4. The highest BCUT2D eigenvalue weighted by molar-refractivity contribution is 6.14. The van der Waals surface area contributed by atoms with E-state index in [0.29, 0.717) is 23.7 Å². The van der Waals surface area contributed by atoms with Crippen molar-refractivity contribution in [3.63, 3.8) is 0 Å². The smallest absolute Gasteiger partial charge is 0.326 e. The number of fused-ring (bicyclic) bond motifs is 1. The van der Waals surface area contributed by atoms with Crippen molar-refractivity contribution < 1.29 is 9.59 Å². The van der Waals surface area contributed by atoms with E-state index in [2.05, 4.69) is 21.0 Å². The number of nitrogen functional groups attached to an aromatic ring is 1. The Bertz CT molecular complexity index is 1160. The van der Waals surface area contributed by atoms with Gasteiger partial charge in [0.25, 0.3) is 5.91 Å². The van der Waals surface area contributed by atoms with Crippen LogP contribution in [0.25, 0.3) is 11.7 Å². The third kappa shape index (κ3) is 3.49. The lowest BCUT2D eigenvalue weighted by Gasteiger charge is -2.10. The van der Waals surface area contributed by atoms with Crippen LogP contribution in [0.3, 0.4) is 0 Å². The van der Waals surface area contributed by atoms with E-state index in [1.165, 1.54) is 0 Å². The van der Waals surface area contributed by atoms with E-state index in [4.69, 9.17) is 10.7 Å². The quantitative estimate of drug-likeness (QED) is 0.299. The highest BCUT2D eigenvalue weighted by atomic mass is 16.2. The number of benzene rings is 1. The lowest BCUT2D eigenvalue weighted by Crippen LogP contribution is -2.22. The molecule has 0 spiro atoms. The Hall–Kier alpha value is -3.88.